The van der Waals surface area contributed by atoms with Crippen LogP contribution in [-0.2, 0) is 12.7 Å². The fourth-order valence-corrected chi connectivity index (χ4v) is 5.48. The smallest absolute Gasteiger partial charge is 0.365 e. The van der Waals surface area contributed by atoms with Gasteiger partial charge in [-0.15, -0.1) is 11.3 Å². The second kappa shape index (κ2) is 9.21. The second-order valence-electron chi connectivity index (χ2n) is 8.66. The van der Waals surface area contributed by atoms with Gasteiger partial charge >= 0.3 is 6.18 Å². The number of hydrogen-bond acceptors (Lipinski definition) is 6. The van der Waals surface area contributed by atoms with Gasteiger partial charge in [-0.1, -0.05) is 18.2 Å². The van der Waals surface area contributed by atoms with Crippen molar-refractivity contribution in [1.82, 2.24) is 19.7 Å². The van der Waals surface area contributed by atoms with E-state index in [0.717, 1.165) is 17.3 Å². The van der Waals surface area contributed by atoms with Crippen molar-refractivity contribution >= 4 is 50.0 Å². The summed E-state index contributed by atoms with van der Waals surface area (Å²) in [4.78, 5) is 34.2. The van der Waals surface area contributed by atoms with E-state index in [2.05, 4.69) is 15.4 Å². The molecule has 3 N–H and O–H groups in total. The Morgan fingerprint density at radius 2 is 1.87 bits per heavy atom. The van der Waals surface area contributed by atoms with E-state index in [1.54, 1.807) is 36.5 Å². The number of amides is 2. The molecule has 0 fully saturated rings. The van der Waals surface area contributed by atoms with Crippen LogP contribution in [0, 0.1) is 13.8 Å². The van der Waals surface area contributed by atoms with Crippen LogP contribution in [0.5, 0.6) is 0 Å². The van der Waals surface area contributed by atoms with Gasteiger partial charge in [-0.2, -0.15) is 18.3 Å². The minimum absolute atomic E-state index is 0.0265. The van der Waals surface area contributed by atoms with Gasteiger partial charge in [0, 0.05) is 28.6 Å². The Balaban J connectivity index is 1.66. The maximum Gasteiger partial charge on any atom is 0.433 e. The molecule has 0 saturated heterocycles. The normalized spacial score (nSPS) is 11.8. The largest absolute Gasteiger partial charge is 0.433 e. The van der Waals surface area contributed by atoms with Gasteiger partial charge < -0.3 is 11.1 Å². The number of alkyl halides is 3. The highest BCUT2D eigenvalue weighted by Crippen LogP contribution is 2.40. The van der Waals surface area contributed by atoms with E-state index in [4.69, 9.17) is 10.7 Å². The van der Waals surface area contributed by atoms with Gasteiger partial charge in [-0.3, -0.25) is 14.3 Å². The van der Waals surface area contributed by atoms with Gasteiger partial charge in [-0.05, 0) is 44.5 Å². The van der Waals surface area contributed by atoms with Crippen molar-refractivity contribution in [3.8, 4) is 11.3 Å². The number of halogens is 3. The summed E-state index contributed by atoms with van der Waals surface area (Å²) >= 11 is 0.701. The molecule has 0 bridgehead atoms. The number of rotatable bonds is 5. The Kier molecular flexibility index (Phi) is 6.14. The summed E-state index contributed by atoms with van der Waals surface area (Å²) in [5, 5.41) is 7.88. The first-order chi connectivity index (χ1) is 18.0. The molecular weight excluding hydrogens is 517 g/mol. The van der Waals surface area contributed by atoms with E-state index < -0.39 is 23.7 Å². The van der Waals surface area contributed by atoms with Crippen LogP contribution in [-0.4, -0.2) is 31.6 Å². The van der Waals surface area contributed by atoms with Gasteiger partial charge in [0.05, 0.1) is 28.7 Å². The standard InChI is InChI=1S/C26H21F3N6O2S/c1-4-35-13(3)16(11-31-35)18-10-15(14-7-5-6-8-17(14)32-18)24(37)34-21-20-12(2)9-19(26(27,28)29)33-25(20)38-22(21)23(30)36/h5-11H,4H2,1-3H3,(H2,30,36)(H,34,37). The van der Waals surface area contributed by atoms with Gasteiger partial charge in [0.2, 0.25) is 0 Å². The number of carbonyl (C=O) groups is 2. The summed E-state index contributed by atoms with van der Waals surface area (Å²) < 4.78 is 41.8. The lowest BCUT2D eigenvalue weighted by molar-refractivity contribution is -0.141. The molecule has 0 radical (unpaired) electrons. The first kappa shape index (κ1) is 25.3. The Morgan fingerprint density at radius 1 is 1.13 bits per heavy atom. The third-order valence-corrected chi connectivity index (χ3v) is 7.35. The third kappa shape index (κ3) is 4.26. The van der Waals surface area contributed by atoms with Crippen LogP contribution >= 0.6 is 11.3 Å². The highest BCUT2D eigenvalue weighted by molar-refractivity contribution is 7.21. The zero-order chi connectivity index (χ0) is 27.4. The third-order valence-electron chi connectivity index (χ3n) is 6.25. The Bertz CT molecular complexity index is 1760. The van der Waals surface area contributed by atoms with Crippen LogP contribution in [0.2, 0.25) is 0 Å². The molecular formula is C26H21F3N6O2S. The lowest BCUT2D eigenvalue weighted by Gasteiger charge is -2.12. The quantitative estimate of drug-likeness (QED) is 0.297. The molecule has 5 aromatic rings. The molecule has 5 rings (SSSR count). The summed E-state index contributed by atoms with van der Waals surface area (Å²) in [5.41, 5.74) is 7.67. The van der Waals surface area contributed by atoms with Crippen molar-refractivity contribution in [1.29, 1.82) is 0 Å². The van der Waals surface area contributed by atoms with Crippen LogP contribution in [0.1, 0.15) is 43.9 Å². The number of hydrogen-bond donors (Lipinski definition) is 2. The molecule has 0 aliphatic heterocycles. The van der Waals surface area contributed by atoms with E-state index >= 15 is 0 Å². The number of primary amides is 1. The molecule has 38 heavy (non-hydrogen) atoms. The highest BCUT2D eigenvalue weighted by Gasteiger charge is 2.34. The molecule has 4 aromatic heterocycles. The number of carbonyl (C=O) groups excluding carboxylic acids is 2. The fraction of sp³-hybridized carbons (Fsp3) is 0.192. The molecule has 0 atom stereocenters. The summed E-state index contributed by atoms with van der Waals surface area (Å²) in [5.74, 6) is -1.47. The summed E-state index contributed by atoms with van der Waals surface area (Å²) in [6.07, 6.45) is -2.99. The zero-order valence-electron chi connectivity index (χ0n) is 20.5. The van der Waals surface area contributed by atoms with Crippen molar-refractivity contribution in [3.05, 3.63) is 70.0 Å². The Labute approximate surface area is 218 Å². The van der Waals surface area contributed by atoms with E-state index in [1.165, 1.54) is 6.92 Å². The number of thiophene rings is 1. The molecule has 0 aliphatic rings. The van der Waals surface area contributed by atoms with E-state index in [-0.39, 0.29) is 31.9 Å². The summed E-state index contributed by atoms with van der Waals surface area (Å²) in [6, 6.07) is 9.59. The van der Waals surface area contributed by atoms with Crippen molar-refractivity contribution in [2.45, 2.75) is 33.5 Å². The van der Waals surface area contributed by atoms with Gasteiger partial charge in [0.25, 0.3) is 11.8 Å². The molecule has 0 unspecified atom stereocenters. The molecule has 8 nitrogen and oxygen atoms in total. The fourth-order valence-electron chi connectivity index (χ4n) is 4.42. The summed E-state index contributed by atoms with van der Waals surface area (Å²) in [7, 11) is 0. The Hall–Kier alpha value is -4.32. The topological polar surface area (TPSA) is 116 Å². The monoisotopic (exact) mass is 538 g/mol. The van der Waals surface area contributed by atoms with Crippen molar-refractivity contribution in [2.24, 2.45) is 5.73 Å². The van der Waals surface area contributed by atoms with Crippen LogP contribution in [0.4, 0.5) is 18.9 Å². The van der Waals surface area contributed by atoms with Crippen molar-refractivity contribution < 1.29 is 22.8 Å². The van der Waals surface area contributed by atoms with Crippen LogP contribution in [0.25, 0.3) is 32.4 Å². The number of anilines is 1. The molecule has 0 saturated carbocycles. The maximum absolute atomic E-state index is 13.7. The average Bonchev–Trinajstić information content (AvgIpc) is 3.43. The minimum atomic E-state index is -4.67. The second-order valence-corrected chi connectivity index (χ2v) is 9.66. The number of para-hydroxylation sites is 1. The van der Waals surface area contributed by atoms with Gasteiger partial charge in [-0.25, -0.2) is 9.97 Å². The number of pyridine rings is 2. The molecule has 0 aliphatic carbocycles. The van der Waals surface area contributed by atoms with E-state index in [1.807, 2.05) is 18.5 Å². The van der Waals surface area contributed by atoms with Crippen LogP contribution < -0.4 is 11.1 Å². The highest BCUT2D eigenvalue weighted by atomic mass is 32.1. The first-order valence-corrected chi connectivity index (χ1v) is 12.4. The number of nitrogens with one attached hydrogen (secondary N) is 1. The van der Waals surface area contributed by atoms with Crippen LogP contribution in [0.15, 0.2) is 42.6 Å². The number of fused-ring (bicyclic) bond motifs is 2. The van der Waals surface area contributed by atoms with Gasteiger partial charge in [0.15, 0.2) is 0 Å². The average molecular weight is 539 g/mol. The van der Waals surface area contributed by atoms with Crippen LogP contribution in [0.3, 0.4) is 0 Å². The molecule has 2 amide bonds. The predicted octanol–water partition coefficient (Wildman–Crippen LogP) is 5.71. The van der Waals surface area contributed by atoms with Gasteiger partial charge in [0.1, 0.15) is 15.4 Å². The molecule has 0 spiro atoms. The number of benzene rings is 1. The number of aryl methyl sites for hydroxylation is 2. The van der Waals surface area contributed by atoms with E-state index in [9.17, 15) is 22.8 Å². The Morgan fingerprint density at radius 3 is 2.53 bits per heavy atom. The number of aromatic nitrogens is 4. The maximum atomic E-state index is 13.7. The molecule has 12 heteroatoms. The SMILES string of the molecule is CCn1ncc(-c2cc(C(=O)Nc3c(C(N)=O)sc4nc(C(F)(F)F)cc(C)c34)c3ccccc3n2)c1C. The van der Waals surface area contributed by atoms with Crippen molar-refractivity contribution in [3.63, 3.8) is 0 Å². The lowest BCUT2D eigenvalue weighted by atomic mass is 10.0. The van der Waals surface area contributed by atoms with Crippen molar-refractivity contribution in [2.75, 3.05) is 5.32 Å². The molecule has 1 aromatic carbocycles. The number of nitrogens with zero attached hydrogens (tertiary/aromatic N) is 4. The molecule has 4 heterocycles. The number of nitrogens with two attached hydrogens (primary N) is 1. The first-order valence-electron chi connectivity index (χ1n) is 11.5. The molecule has 194 valence electrons. The minimum Gasteiger partial charge on any atom is -0.365 e. The zero-order valence-corrected chi connectivity index (χ0v) is 21.3. The summed E-state index contributed by atoms with van der Waals surface area (Å²) in [6.45, 7) is 5.99. The predicted molar refractivity (Wildman–Crippen MR) is 139 cm³/mol. The lowest BCUT2D eigenvalue weighted by Crippen LogP contribution is -2.17. The van der Waals surface area contributed by atoms with E-state index in [0.29, 0.717) is 34.5 Å².